The first kappa shape index (κ1) is 24.1. The zero-order chi connectivity index (χ0) is 18.8. The predicted octanol–water partition coefficient (Wildman–Crippen LogP) is 1.77. The van der Waals surface area contributed by atoms with Crippen molar-refractivity contribution in [3.05, 3.63) is 35.4 Å². The number of benzene rings is 1. The number of halogens is 1. The summed E-state index contributed by atoms with van der Waals surface area (Å²) >= 11 is 0. The van der Waals surface area contributed by atoms with Gasteiger partial charge in [0, 0.05) is 33.3 Å². The number of aliphatic imine (C=N–C) groups is 1. The molecule has 3 N–H and O–H groups in total. The smallest absolute Gasteiger partial charge is 0.213 e. The van der Waals surface area contributed by atoms with Crippen molar-refractivity contribution in [1.29, 1.82) is 0 Å². The molecule has 1 heterocycles. The van der Waals surface area contributed by atoms with Crippen LogP contribution in [0, 0.1) is 6.92 Å². The fourth-order valence-corrected chi connectivity index (χ4v) is 3.75. The van der Waals surface area contributed by atoms with Crippen molar-refractivity contribution in [1.82, 2.24) is 15.4 Å². The van der Waals surface area contributed by atoms with Gasteiger partial charge in [0.2, 0.25) is 10.0 Å². The standard InChI is InChI=1S/C18H30N4O3S.HI/c1-15-6-5-7-16(12-15)13-21-18(19-2)20-9-11-26(23,24)22-14-17-8-3-4-10-25-17;/h5-7,12,17,22H,3-4,8-11,13-14H2,1-2H3,(H2,19,20,21);1H. The van der Waals surface area contributed by atoms with Gasteiger partial charge in [0.05, 0.1) is 11.9 Å². The van der Waals surface area contributed by atoms with Crippen LogP contribution >= 0.6 is 24.0 Å². The average Bonchev–Trinajstić information content (AvgIpc) is 2.64. The Morgan fingerprint density at radius 1 is 1.30 bits per heavy atom. The molecular weight excluding hydrogens is 479 g/mol. The summed E-state index contributed by atoms with van der Waals surface area (Å²) in [6.45, 7) is 4.03. The van der Waals surface area contributed by atoms with Gasteiger partial charge in [-0.25, -0.2) is 13.1 Å². The molecule has 0 saturated carbocycles. The van der Waals surface area contributed by atoms with Crippen molar-refractivity contribution in [2.75, 3.05) is 32.5 Å². The summed E-state index contributed by atoms with van der Waals surface area (Å²) in [5.74, 6) is 0.572. The van der Waals surface area contributed by atoms with Crippen LogP contribution in [-0.4, -0.2) is 53.0 Å². The van der Waals surface area contributed by atoms with Crippen LogP contribution in [0.4, 0.5) is 0 Å². The molecule has 1 aromatic carbocycles. The van der Waals surface area contributed by atoms with Gasteiger partial charge in [0.1, 0.15) is 0 Å². The van der Waals surface area contributed by atoms with Gasteiger partial charge in [-0.2, -0.15) is 0 Å². The minimum Gasteiger partial charge on any atom is -0.377 e. The van der Waals surface area contributed by atoms with Crippen molar-refractivity contribution in [3.8, 4) is 0 Å². The Bertz CT molecular complexity index is 692. The summed E-state index contributed by atoms with van der Waals surface area (Å²) in [5, 5.41) is 6.22. The van der Waals surface area contributed by atoms with E-state index in [4.69, 9.17) is 4.74 Å². The number of hydrogen-bond donors (Lipinski definition) is 3. The van der Waals surface area contributed by atoms with Gasteiger partial charge in [-0.05, 0) is 31.7 Å². The molecule has 9 heteroatoms. The number of nitrogens with one attached hydrogen (secondary N) is 3. The van der Waals surface area contributed by atoms with Crippen molar-refractivity contribution in [2.24, 2.45) is 4.99 Å². The van der Waals surface area contributed by atoms with Crippen molar-refractivity contribution in [2.45, 2.75) is 38.8 Å². The van der Waals surface area contributed by atoms with E-state index in [1.807, 2.05) is 25.1 Å². The SMILES string of the molecule is CN=C(NCCS(=O)(=O)NCC1CCCCO1)NCc1cccc(C)c1.I. The third-order valence-electron chi connectivity index (χ3n) is 4.23. The molecule has 1 aliphatic rings. The minimum atomic E-state index is -3.33. The zero-order valence-corrected chi connectivity index (χ0v) is 19.2. The molecule has 0 radical (unpaired) electrons. The molecule has 0 aliphatic carbocycles. The minimum absolute atomic E-state index is 0. The second-order valence-electron chi connectivity index (χ2n) is 6.50. The highest BCUT2D eigenvalue weighted by Crippen LogP contribution is 2.11. The molecule has 1 aliphatic heterocycles. The molecule has 1 unspecified atom stereocenters. The van der Waals surface area contributed by atoms with E-state index < -0.39 is 10.0 Å². The predicted molar refractivity (Wildman–Crippen MR) is 120 cm³/mol. The number of rotatable bonds is 8. The molecule has 2 rings (SSSR count). The maximum absolute atomic E-state index is 12.1. The molecular formula is C18H31IN4O3S. The van der Waals surface area contributed by atoms with E-state index in [1.165, 1.54) is 5.56 Å². The number of ether oxygens (including phenoxy) is 1. The van der Waals surface area contributed by atoms with Gasteiger partial charge < -0.3 is 15.4 Å². The summed E-state index contributed by atoms with van der Waals surface area (Å²) in [4.78, 5) is 4.12. The highest BCUT2D eigenvalue weighted by Gasteiger charge is 2.17. The highest BCUT2D eigenvalue weighted by atomic mass is 127. The maximum Gasteiger partial charge on any atom is 0.213 e. The summed E-state index contributed by atoms with van der Waals surface area (Å²) in [6, 6.07) is 8.20. The largest absolute Gasteiger partial charge is 0.377 e. The van der Waals surface area contributed by atoms with Crippen molar-refractivity contribution in [3.63, 3.8) is 0 Å². The molecule has 0 amide bonds. The quantitative estimate of drug-likeness (QED) is 0.282. The summed E-state index contributed by atoms with van der Waals surface area (Å²) in [7, 11) is -1.67. The van der Waals surface area contributed by atoms with E-state index in [0.717, 1.165) is 31.4 Å². The first-order chi connectivity index (χ1) is 12.5. The summed E-state index contributed by atoms with van der Waals surface area (Å²) < 4.78 is 32.4. The fraction of sp³-hybridized carbons (Fsp3) is 0.611. The Hall–Kier alpha value is -0.910. The van der Waals surface area contributed by atoms with E-state index in [0.29, 0.717) is 19.0 Å². The zero-order valence-electron chi connectivity index (χ0n) is 16.0. The van der Waals surface area contributed by atoms with Crippen molar-refractivity contribution < 1.29 is 13.2 Å². The molecule has 0 aromatic heterocycles. The van der Waals surface area contributed by atoms with Crippen LogP contribution in [-0.2, 0) is 21.3 Å². The Labute approximate surface area is 179 Å². The van der Waals surface area contributed by atoms with E-state index in [2.05, 4.69) is 26.4 Å². The summed E-state index contributed by atoms with van der Waals surface area (Å²) in [6.07, 6.45) is 3.06. The molecule has 27 heavy (non-hydrogen) atoms. The Kier molecular flexibility index (Phi) is 11.2. The molecule has 154 valence electrons. The van der Waals surface area contributed by atoms with Crippen LogP contribution < -0.4 is 15.4 Å². The van der Waals surface area contributed by atoms with Gasteiger partial charge in [0.15, 0.2) is 5.96 Å². The lowest BCUT2D eigenvalue weighted by Gasteiger charge is -2.22. The maximum atomic E-state index is 12.1. The normalized spacial score (nSPS) is 17.9. The lowest BCUT2D eigenvalue weighted by atomic mass is 10.1. The second-order valence-corrected chi connectivity index (χ2v) is 8.42. The Balaban J connectivity index is 0.00000364. The number of aryl methyl sites for hydroxylation is 1. The van der Waals surface area contributed by atoms with Gasteiger partial charge >= 0.3 is 0 Å². The van der Waals surface area contributed by atoms with Crippen LogP contribution in [0.5, 0.6) is 0 Å². The Morgan fingerprint density at radius 2 is 2.11 bits per heavy atom. The molecule has 1 saturated heterocycles. The fourth-order valence-electron chi connectivity index (χ4n) is 2.79. The number of sulfonamides is 1. The number of nitrogens with zero attached hydrogens (tertiary/aromatic N) is 1. The van der Waals surface area contributed by atoms with Gasteiger partial charge in [-0.15, -0.1) is 24.0 Å². The number of hydrogen-bond acceptors (Lipinski definition) is 4. The molecule has 1 atom stereocenters. The second kappa shape index (κ2) is 12.5. The van der Waals surface area contributed by atoms with Crippen LogP contribution in [0.15, 0.2) is 29.3 Å². The third-order valence-corrected chi connectivity index (χ3v) is 5.58. The van der Waals surface area contributed by atoms with Crippen LogP contribution in [0.1, 0.15) is 30.4 Å². The number of guanidine groups is 1. The highest BCUT2D eigenvalue weighted by molar-refractivity contribution is 14.0. The third kappa shape index (κ3) is 9.72. The average molecular weight is 510 g/mol. The van der Waals surface area contributed by atoms with Crippen molar-refractivity contribution >= 4 is 40.0 Å². The molecule has 0 spiro atoms. The van der Waals surface area contributed by atoms with Gasteiger partial charge in [-0.3, -0.25) is 4.99 Å². The molecule has 1 aromatic rings. The Morgan fingerprint density at radius 3 is 2.78 bits per heavy atom. The van der Waals surface area contributed by atoms with E-state index in [-0.39, 0.29) is 42.4 Å². The monoisotopic (exact) mass is 510 g/mol. The topological polar surface area (TPSA) is 91.8 Å². The van der Waals surface area contributed by atoms with Gasteiger partial charge in [0.25, 0.3) is 0 Å². The van der Waals surface area contributed by atoms with Crippen LogP contribution in [0.25, 0.3) is 0 Å². The summed E-state index contributed by atoms with van der Waals surface area (Å²) in [5.41, 5.74) is 2.35. The molecule has 0 bridgehead atoms. The van der Waals surface area contributed by atoms with Crippen LogP contribution in [0.2, 0.25) is 0 Å². The van der Waals surface area contributed by atoms with E-state index in [1.54, 1.807) is 7.05 Å². The molecule has 1 fully saturated rings. The lowest BCUT2D eigenvalue weighted by molar-refractivity contribution is 0.0200. The molecule has 7 nitrogen and oxygen atoms in total. The van der Waals surface area contributed by atoms with Crippen LogP contribution in [0.3, 0.4) is 0 Å². The lowest BCUT2D eigenvalue weighted by Crippen LogP contribution is -2.42. The van der Waals surface area contributed by atoms with E-state index in [9.17, 15) is 8.42 Å². The first-order valence-electron chi connectivity index (χ1n) is 9.07. The first-order valence-corrected chi connectivity index (χ1v) is 10.7. The van der Waals surface area contributed by atoms with E-state index >= 15 is 0 Å². The van der Waals surface area contributed by atoms with Gasteiger partial charge in [-0.1, -0.05) is 29.8 Å².